The van der Waals surface area contributed by atoms with Crippen LogP contribution in [0.3, 0.4) is 0 Å². The van der Waals surface area contributed by atoms with E-state index in [1.54, 1.807) is 36.4 Å². The van der Waals surface area contributed by atoms with E-state index in [0.29, 0.717) is 28.7 Å². The van der Waals surface area contributed by atoms with E-state index in [2.05, 4.69) is 5.32 Å². The molecule has 2 aromatic carbocycles. The lowest BCUT2D eigenvalue weighted by Gasteiger charge is -2.17. The summed E-state index contributed by atoms with van der Waals surface area (Å²) in [7, 11) is 1.35. The second-order valence-electron chi connectivity index (χ2n) is 8.09. The summed E-state index contributed by atoms with van der Waals surface area (Å²) in [5.74, 6) is -0.387. The van der Waals surface area contributed by atoms with E-state index in [9.17, 15) is 14.4 Å². The Labute approximate surface area is 186 Å². The molecule has 4 rings (SSSR count). The lowest BCUT2D eigenvalue weighted by Crippen LogP contribution is -2.20. The van der Waals surface area contributed by atoms with Crippen molar-refractivity contribution in [3.8, 4) is 0 Å². The monoisotopic (exact) mass is 434 g/mol. The standard InChI is InChI=1S/C25H26N2O5/c1-16-13-23(28)21-12-11-19(26-25(30)32-20-5-3-4-6-20)14-22(21)27(16)15-17-7-9-18(10-8-17)24(29)31-2/h7-14,20H,3-6,15H2,1-2H3,(H,26,30). The number of nitrogens with one attached hydrogen (secondary N) is 1. The molecule has 7 nitrogen and oxygen atoms in total. The number of ether oxygens (including phenoxy) is 2. The Morgan fingerprint density at radius 1 is 1.06 bits per heavy atom. The minimum absolute atomic E-state index is 0.0242. The topological polar surface area (TPSA) is 86.6 Å². The van der Waals surface area contributed by atoms with Crippen LogP contribution in [0.4, 0.5) is 10.5 Å². The second-order valence-corrected chi connectivity index (χ2v) is 8.09. The van der Waals surface area contributed by atoms with Gasteiger partial charge in [-0.05, 0) is 68.5 Å². The molecule has 7 heteroatoms. The van der Waals surface area contributed by atoms with Gasteiger partial charge in [-0.2, -0.15) is 0 Å². The fourth-order valence-corrected chi connectivity index (χ4v) is 4.14. The maximum Gasteiger partial charge on any atom is 0.411 e. The van der Waals surface area contributed by atoms with Gasteiger partial charge in [-0.15, -0.1) is 0 Å². The van der Waals surface area contributed by atoms with Crippen LogP contribution in [0.15, 0.2) is 53.3 Å². The molecule has 0 spiro atoms. The number of hydrogen-bond donors (Lipinski definition) is 1. The number of rotatable bonds is 5. The van der Waals surface area contributed by atoms with Crippen LogP contribution in [0.25, 0.3) is 10.9 Å². The smallest absolute Gasteiger partial charge is 0.411 e. The molecule has 1 aliphatic carbocycles. The summed E-state index contributed by atoms with van der Waals surface area (Å²) < 4.78 is 12.2. The largest absolute Gasteiger partial charge is 0.465 e. The third kappa shape index (κ3) is 4.66. The fourth-order valence-electron chi connectivity index (χ4n) is 4.14. The molecule has 0 aliphatic heterocycles. The number of methoxy groups -OCH3 is 1. The van der Waals surface area contributed by atoms with Crippen LogP contribution in [0.2, 0.25) is 0 Å². The zero-order valence-corrected chi connectivity index (χ0v) is 18.2. The Morgan fingerprint density at radius 2 is 1.78 bits per heavy atom. The third-order valence-electron chi connectivity index (χ3n) is 5.86. The van der Waals surface area contributed by atoms with Gasteiger partial charge in [0.15, 0.2) is 5.43 Å². The first-order chi connectivity index (χ1) is 15.4. The van der Waals surface area contributed by atoms with Crippen LogP contribution in [0.5, 0.6) is 0 Å². The van der Waals surface area contributed by atoms with Crippen molar-refractivity contribution in [2.75, 3.05) is 12.4 Å². The Hall–Kier alpha value is -3.61. The number of amides is 1. The average molecular weight is 434 g/mol. The highest BCUT2D eigenvalue weighted by Gasteiger charge is 2.19. The minimum atomic E-state index is -0.476. The molecule has 1 fully saturated rings. The van der Waals surface area contributed by atoms with Crippen molar-refractivity contribution in [2.45, 2.75) is 45.3 Å². The first kappa shape index (κ1) is 21.6. The number of pyridine rings is 1. The van der Waals surface area contributed by atoms with E-state index in [1.807, 2.05) is 23.6 Å². The highest BCUT2D eigenvalue weighted by molar-refractivity contribution is 5.90. The molecule has 0 unspecified atom stereocenters. The van der Waals surface area contributed by atoms with Crippen molar-refractivity contribution in [3.63, 3.8) is 0 Å². The van der Waals surface area contributed by atoms with Crippen LogP contribution >= 0.6 is 0 Å². The van der Waals surface area contributed by atoms with E-state index in [1.165, 1.54) is 7.11 Å². The van der Waals surface area contributed by atoms with Crippen LogP contribution in [-0.4, -0.2) is 29.8 Å². The van der Waals surface area contributed by atoms with Gasteiger partial charge in [-0.1, -0.05) is 12.1 Å². The fraction of sp³-hybridized carbons (Fsp3) is 0.320. The average Bonchev–Trinajstić information content (AvgIpc) is 3.29. The molecule has 0 bridgehead atoms. The Kier molecular flexibility index (Phi) is 6.25. The van der Waals surface area contributed by atoms with E-state index >= 15 is 0 Å². The van der Waals surface area contributed by atoms with Crippen LogP contribution in [0.1, 0.15) is 47.3 Å². The predicted octanol–water partition coefficient (Wildman–Crippen LogP) is 4.64. The molecule has 1 heterocycles. The van der Waals surface area contributed by atoms with Gasteiger partial charge in [0, 0.05) is 29.4 Å². The molecule has 0 saturated heterocycles. The number of esters is 1. The van der Waals surface area contributed by atoms with Gasteiger partial charge < -0.3 is 14.0 Å². The van der Waals surface area contributed by atoms with Crippen molar-refractivity contribution in [3.05, 3.63) is 75.6 Å². The molecule has 0 radical (unpaired) electrons. The maximum absolute atomic E-state index is 12.5. The van der Waals surface area contributed by atoms with Gasteiger partial charge in [-0.3, -0.25) is 10.1 Å². The summed E-state index contributed by atoms with van der Waals surface area (Å²) in [6, 6.07) is 14.0. The molecule has 0 atom stereocenters. The number of anilines is 1. The van der Waals surface area contributed by atoms with Crippen molar-refractivity contribution in [2.24, 2.45) is 0 Å². The van der Waals surface area contributed by atoms with Crippen molar-refractivity contribution in [1.82, 2.24) is 4.57 Å². The van der Waals surface area contributed by atoms with Crippen molar-refractivity contribution >= 4 is 28.7 Å². The van der Waals surface area contributed by atoms with Gasteiger partial charge in [0.25, 0.3) is 0 Å². The van der Waals surface area contributed by atoms with Crippen molar-refractivity contribution in [1.29, 1.82) is 0 Å². The second kappa shape index (κ2) is 9.26. The predicted molar refractivity (Wildman–Crippen MR) is 122 cm³/mol. The Morgan fingerprint density at radius 3 is 2.47 bits per heavy atom. The number of aryl methyl sites for hydroxylation is 1. The zero-order valence-electron chi connectivity index (χ0n) is 18.2. The van der Waals surface area contributed by atoms with Crippen LogP contribution in [-0.2, 0) is 16.0 Å². The number of nitrogens with zero attached hydrogens (tertiary/aromatic N) is 1. The molecule has 166 valence electrons. The summed E-state index contributed by atoms with van der Waals surface area (Å²) in [4.78, 5) is 36.5. The number of fused-ring (bicyclic) bond motifs is 1. The molecule has 1 aromatic heterocycles. The minimum Gasteiger partial charge on any atom is -0.465 e. The molecule has 1 saturated carbocycles. The summed E-state index contributed by atoms with van der Waals surface area (Å²) in [5, 5.41) is 3.36. The highest BCUT2D eigenvalue weighted by atomic mass is 16.6. The first-order valence-corrected chi connectivity index (χ1v) is 10.7. The van der Waals surface area contributed by atoms with Gasteiger partial charge in [0.2, 0.25) is 0 Å². The van der Waals surface area contributed by atoms with Crippen LogP contribution in [0, 0.1) is 6.92 Å². The van der Waals surface area contributed by atoms with E-state index < -0.39 is 6.09 Å². The van der Waals surface area contributed by atoms with Gasteiger partial charge >= 0.3 is 12.1 Å². The Bertz CT molecular complexity index is 1210. The van der Waals surface area contributed by atoms with E-state index in [-0.39, 0.29) is 17.5 Å². The van der Waals surface area contributed by atoms with E-state index in [0.717, 1.165) is 36.9 Å². The van der Waals surface area contributed by atoms with Crippen molar-refractivity contribution < 1.29 is 19.1 Å². The summed E-state index contributed by atoms with van der Waals surface area (Å²) >= 11 is 0. The lowest BCUT2D eigenvalue weighted by atomic mass is 10.1. The quantitative estimate of drug-likeness (QED) is 0.592. The third-order valence-corrected chi connectivity index (χ3v) is 5.86. The number of carbonyl (C=O) groups excluding carboxylic acids is 2. The lowest BCUT2D eigenvalue weighted by molar-refractivity contribution is 0.0600. The maximum atomic E-state index is 12.5. The number of carbonyl (C=O) groups is 2. The number of hydrogen-bond acceptors (Lipinski definition) is 5. The molecular weight excluding hydrogens is 408 g/mol. The van der Waals surface area contributed by atoms with Crippen LogP contribution < -0.4 is 10.7 Å². The SMILES string of the molecule is COC(=O)c1ccc(Cn2c(C)cc(=O)c3ccc(NC(=O)OC4CCCC4)cc32)cc1. The molecule has 1 aliphatic rings. The molecule has 1 amide bonds. The summed E-state index contributed by atoms with van der Waals surface area (Å²) in [6.07, 6.45) is 3.47. The molecule has 1 N–H and O–H groups in total. The van der Waals surface area contributed by atoms with E-state index in [4.69, 9.17) is 9.47 Å². The molecule has 3 aromatic rings. The van der Waals surface area contributed by atoms with Gasteiger partial charge in [0.05, 0.1) is 18.2 Å². The van der Waals surface area contributed by atoms with Gasteiger partial charge in [-0.25, -0.2) is 9.59 Å². The Balaban J connectivity index is 1.62. The first-order valence-electron chi connectivity index (χ1n) is 10.7. The highest BCUT2D eigenvalue weighted by Crippen LogP contribution is 2.23. The number of benzene rings is 2. The normalized spacial score (nSPS) is 13.8. The zero-order chi connectivity index (χ0) is 22.7. The molecule has 32 heavy (non-hydrogen) atoms. The number of aromatic nitrogens is 1. The molecular formula is C25H26N2O5. The van der Waals surface area contributed by atoms with Gasteiger partial charge in [0.1, 0.15) is 6.10 Å². The summed E-state index contributed by atoms with van der Waals surface area (Å²) in [5.41, 5.74) is 3.45. The summed E-state index contributed by atoms with van der Waals surface area (Å²) in [6.45, 7) is 2.37.